The molecule has 2 aromatic carbocycles. The van der Waals surface area contributed by atoms with Crippen molar-refractivity contribution in [3.63, 3.8) is 0 Å². The molecule has 4 aromatic rings. The van der Waals surface area contributed by atoms with Crippen molar-refractivity contribution in [1.82, 2.24) is 35.6 Å². The Morgan fingerprint density at radius 2 is 1.86 bits per heavy atom. The van der Waals surface area contributed by atoms with Crippen LogP contribution < -0.4 is 10.6 Å². The van der Waals surface area contributed by atoms with Gasteiger partial charge in [-0.15, -0.1) is 5.10 Å². The normalized spacial score (nSPS) is 14.4. The molecule has 0 radical (unpaired) electrons. The van der Waals surface area contributed by atoms with Gasteiger partial charge in [-0.05, 0) is 23.3 Å². The first-order valence-corrected chi connectivity index (χ1v) is 10.9. The molecule has 1 amide bonds. The number of carbonyl (C=O) groups is 2. The lowest BCUT2D eigenvalue weighted by Crippen LogP contribution is -2.44. The van der Waals surface area contributed by atoms with E-state index >= 15 is 0 Å². The summed E-state index contributed by atoms with van der Waals surface area (Å²) in [5.41, 5.74) is 4.10. The Labute approximate surface area is 202 Å². The summed E-state index contributed by atoms with van der Waals surface area (Å²) in [5.74, 6) is -2.46. The standard InChI is InChI=1S/C21H21N7O.C2HF3O2/c29-21(19-12-28(27-26-19)11-14-9-22-10-14)25-20(15-4-2-1-3-5-15)16-6-7-17-18(8-16)24-13-23-17;3-2(4,5)1(6)7/h1-8,12-14,20,22H,9-11H2,(H,23,24)(H,25,29);(H,6,7). The Hall–Kier alpha value is -4.26. The summed E-state index contributed by atoms with van der Waals surface area (Å²) in [7, 11) is 0. The number of aliphatic carboxylic acids is 1. The number of H-pyrrole nitrogens is 1. The Kier molecular flexibility index (Phi) is 7.29. The summed E-state index contributed by atoms with van der Waals surface area (Å²) in [6.45, 7) is 2.73. The number of nitrogens with one attached hydrogen (secondary N) is 3. The van der Waals surface area contributed by atoms with Gasteiger partial charge in [0, 0.05) is 25.6 Å². The molecule has 4 N–H and O–H groups in total. The van der Waals surface area contributed by atoms with Crippen molar-refractivity contribution in [1.29, 1.82) is 0 Å². The maximum absolute atomic E-state index is 12.9. The smallest absolute Gasteiger partial charge is 0.475 e. The van der Waals surface area contributed by atoms with Gasteiger partial charge in [0.15, 0.2) is 5.69 Å². The molecule has 0 aliphatic carbocycles. The summed E-state index contributed by atoms with van der Waals surface area (Å²) >= 11 is 0. The quantitative estimate of drug-likeness (QED) is 0.319. The van der Waals surface area contributed by atoms with E-state index in [2.05, 4.69) is 30.9 Å². The largest absolute Gasteiger partial charge is 0.490 e. The van der Waals surface area contributed by atoms with Crippen LogP contribution >= 0.6 is 0 Å². The van der Waals surface area contributed by atoms with Gasteiger partial charge in [-0.25, -0.2) is 9.78 Å². The number of aromatic nitrogens is 5. The molecule has 0 saturated carbocycles. The Morgan fingerprint density at radius 3 is 2.50 bits per heavy atom. The number of imidazole rings is 1. The third kappa shape index (κ3) is 6.05. The number of carbonyl (C=O) groups excluding carboxylic acids is 1. The van der Waals surface area contributed by atoms with E-state index in [1.807, 2.05) is 48.5 Å². The minimum Gasteiger partial charge on any atom is -0.475 e. The second-order valence-corrected chi connectivity index (χ2v) is 8.15. The average molecular weight is 501 g/mol. The fourth-order valence-corrected chi connectivity index (χ4v) is 3.58. The number of carboxylic acid groups (broad SMARTS) is 1. The van der Waals surface area contributed by atoms with Crippen LogP contribution in [0.2, 0.25) is 0 Å². The number of hydrogen-bond acceptors (Lipinski definition) is 6. The molecule has 1 aliphatic rings. The maximum atomic E-state index is 12.9. The van der Waals surface area contributed by atoms with Crippen molar-refractivity contribution in [2.75, 3.05) is 13.1 Å². The number of fused-ring (bicyclic) bond motifs is 1. The minimum atomic E-state index is -5.08. The van der Waals surface area contributed by atoms with Crippen LogP contribution in [0.4, 0.5) is 13.2 Å². The fraction of sp³-hybridized carbons (Fsp3) is 0.261. The van der Waals surface area contributed by atoms with E-state index in [1.165, 1.54) is 0 Å². The van der Waals surface area contributed by atoms with Crippen LogP contribution in [-0.2, 0) is 11.3 Å². The first kappa shape index (κ1) is 24.9. The summed E-state index contributed by atoms with van der Waals surface area (Å²) in [4.78, 5) is 29.2. The van der Waals surface area contributed by atoms with Crippen molar-refractivity contribution in [3.8, 4) is 0 Å². The van der Waals surface area contributed by atoms with Crippen molar-refractivity contribution in [2.24, 2.45) is 5.92 Å². The van der Waals surface area contributed by atoms with Crippen molar-refractivity contribution < 1.29 is 27.9 Å². The van der Waals surface area contributed by atoms with Gasteiger partial charge in [-0.1, -0.05) is 41.6 Å². The zero-order valence-corrected chi connectivity index (χ0v) is 18.7. The number of alkyl halides is 3. The highest BCUT2D eigenvalue weighted by atomic mass is 19.4. The van der Waals surface area contributed by atoms with E-state index in [9.17, 15) is 18.0 Å². The Balaban J connectivity index is 0.000000384. The van der Waals surface area contributed by atoms with Crippen molar-refractivity contribution in [3.05, 3.63) is 77.9 Å². The van der Waals surface area contributed by atoms with Crippen LogP contribution in [-0.4, -0.2) is 61.2 Å². The highest BCUT2D eigenvalue weighted by Gasteiger charge is 2.38. The number of benzene rings is 2. The Morgan fingerprint density at radius 1 is 1.14 bits per heavy atom. The number of halogens is 3. The highest BCUT2D eigenvalue weighted by Crippen LogP contribution is 2.25. The number of nitrogens with zero attached hydrogens (tertiary/aromatic N) is 4. The molecular formula is C23H22F3N7O3. The molecule has 1 saturated heterocycles. The number of hydrogen-bond donors (Lipinski definition) is 4. The summed E-state index contributed by atoms with van der Waals surface area (Å²) in [5, 5.41) is 21.7. The van der Waals surface area contributed by atoms with Gasteiger partial charge in [-0.3, -0.25) is 9.48 Å². The molecule has 1 aliphatic heterocycles. The summed E-state index contributed by atoms with van der Waals surface area (Å²) in [6, 6.07) is 15.5. The second-order valence-electron chi connectivity index (χ2n) is 8.15. The Bertz CT molecular complexity index is 1330. The molecule has 188 valence electrons. The van der Waals surface area contributed by atoms with Crippen molar-refractivity contribution in [2.45, 2.75) is 18.8 Å². The summed E-state index contributed by atoms with van der Waals surface area (Å²) in [6.07, 6.45) is -1.70. The van der Waals surface area contributed by atoms with Gasteiger partial charge in [0.2, 0.25) is 0 Å². The van der Waals surface area contributed by atoms with Gasteiger partial charge in [0.05, 0.1) is 29.6 Å². The highest BCUT2D eigenvalue weighted by molar-refractivity contribution is 5.92. The van der Waals surface area contributed by atoms with E-state index < -0.39 is 12.1 Å². The van der Waals surface area contributed by atoms with Gasteiger partial charge in [0.25, 0.3) is 5.91 Å². The summed E-state index contributed by atoms with van der Waals surface area (Å²) < 4.78 is 33.5. The molecule has 1 fully saturated rings. The molecule has 1 unspecified atom stereocenters. The van der Waals surface area contributed by atoms with Gasteiger partial charge in [-0.2, -0.15) is 13.2 Å². The molecule has 2 aromatic heterocycles. The molecule has 36 heavy (non-hydrogen) atoms. The predicted octanol–water partition coefficient (Wildman–Crippen LogP) is 2.53. The average Bonchev–Trinajstić information content (AvgIpc) is 3.49. The zero-order valence-electron chi connectivity index (χ0n) is 18.7. The molecule has 10 nitrogen and oxygen atoms in total. The monoisotopic (exact) mass is 501 g/mol. The number of carboxylic acids is 1. The fourth-order valence-electron chi connectivity index (χ4n) is 3.58. The molecule has 1 atom stereocenters. The van der Waals surface area contributed by atoms with Crippen LogP contribution in [0.1, 0.15) is 27.7 Å². The van der Waals surface area contributed by atoms with Gasteiger partial charge < -0.3 is 20.7 Å². The van der Waals surface area contributed by atoms with E-state index in [0.717, 1.165) is 41.8 Å². The van der Waals surface area contributed by atoms with Crippen LogP contribution in [0, 0.1) is 5.92 Å². The van der Waals surface area contributed by atoms with E-state index in [-0.39, 0.29) is 11.9 Å². The molecule has 5 rings (SSSR count). The molecule has 13 heteroatoms. The number of amides is 1. The van der Waals surface area contributed by atoms with E-state index in [4.69, 9.17) is 9.90 Å². The van der Waals surface area contributed by atoms with Gasteiger partial charge >= 0.3 is 12.1 Å². The predicted molar refractivity (Wildman–Crippen MR) is 122 cm³/mol. The molecular weight excluding hydrogens is 479 g/mol. The third-order valence-corrected chi connectivity index (χ3v) is 5.51. The first-order chi connectivity index (χ1) is 17.2. The van der Waals surface area contributed by atoms with Crippen LogP contribution in [0.25, 0.3) is 11.0 Å². The van der Waals surface area contributed by atoms with E-state index in [1.54, 1.807) is 17.2 Å². The molecule has 0 bridgehead atoms. The van der Waals surface area contributed by atoms with Crippen LogP contribution in [0.5, 0.6) is 0 Å². The topological polar surface area (TPSA) is 138 Å². The number of rotatable bonds is 6. The zero-order chi connectivity index (χ0) is 25.7. The molecule has 3 heterocycles. The number of aromatic amines is 1. The SMILES string of the molecule is O=C(NC(c1ccccc1)c1ccc2nc[nH]c2c1)c1cn(CC2CNC2)nn1.O=C(O)C(F)(F)F. The molecule has 0 spiro atoms. The van der Waals surface area contributed by atoms with Crippen molar-refractivity contribution >= 4 is 22.9 Å². The van der Waals surface area contributed by atoms with Crippen LogP contribution in [0.15, 0.2) is 61.1 Å². The van der Waals surface area contributed by atoms with Crippen LogP contribution in [0.3, 0.4) is 0 Å². The van der Waals surface area contributed by atoms with E-state index in [0.29, 0.717) is 11.6 Å². The van der Waals surface area contributed by atoms with Gasteiger partial charge in [0.1, 0.15) is 0 Å². The maximum Gasteiger partial charge on any atom is 0.490 e. The second kappa shape index (κ2) is 10.6. The first-order valence-electron chi connectivity index (χ1n) is 10.9. The lowest BCUT2D eigenvalue weighted by molar-refractivity contribution is -0.192. The third-order valence-electron chi connectivity index (χ3n) is 5.51. The minimum absolute atomic E-state index is 0.249. The lowest BCUT2D eigenvalue weighted by Gasteiger charge is -2.26. The lowest BCUT2D eigenvalue weighted by atomic mass is 9.98.